The fourth-order valence-electron chi connectivity index (χ4n) is 1.62. The second kappa shape index (κ2) is 3.80. The van der Waals surface area contributed by atoms with Gasteiger partial charge in [-0.3, -0.25) is 0 Å². The van der Waals surface area contributed by atoms with Gasteiger partial charge in [-0.1, -0.05) is 23.7 Å². The van der Waals surface area contributed by atoms with E-state index in [1.165, 1.54) is 0 Å². The van der Waals surface area contributed by atoms with Gasteiger partial charge < -0.3 is 5.11 Å². The van der Waals surface area contributed by atoms with Crippen molar-refractivity contribution < 1.29 is 5.11 Å². The lowest BCUT2D eigenvalue weighted by Gasteiger charge is -2.05. The molecule has 0 heterocycles. The van der Waals surface area contributed by atoms with Crippen molar-refractivity contribution in [3.05, 3.63) is 40.9 Å². The molecule has 0 atom stereocenters. The van der Waals surface area contributed by atoms with E-state index in [2.05, 4.69) is 0 Å². The molecule has 0 aromatic heterocycles. The number of hydrogen-bond donors (Lipinski definition) is 1. The molecular weight excluding hydrogens is 210 g/mol. The summed E-state index contributed by atoms with van der Waals surface area (Å²) in [5.74, 6) is 0.159. The molecule has 15 heavy (non-hydrogen) atoms. The molecule has 3 heteroatoms. The quantitative estimate of drug-likeness (QED) is 0.797. The van der Waals surface area contributed by atoms with E-state index >= 15 is 0 Å². The first-order valence-corrected chi connectivity index (χ1v) is 4.87. The number of benzene rings is 2. The van der Waals surface area contributed by atoms with Gasteiger partial charge in [0.05, 0.1) is 12.5 Å². The molecule has 1 N–H and O–H groups in total. The Morgan fingerprint density at radius 1 is 1.27 bits per heavy atom. The van der Waals surface area contributed by atoms with E-state index in [0.29, 0.717) is 10.6 Å². The van der Waals surface area contributed by atoms with Crippen molar-refractivity contribution in [2.45, 2.75) is 6.42 Å². The summed E-state index contributed by atoms with van der Waals surface area (Å²) in [5, 5.41) is 20.8. The van der Waals surface area contributed by atoms with Crippen molar-refractivity contribution in [2.24, 2.45) is 0 Å². The Bertz CT molecular complexity index is 557. The predicted octanol–water partition coefficient (Wildman–Crippen LogP) is 3.26. The first-order chi connectivity index (χ1) is 7.22. The predicted molar refractivity (Wildman–Crippen MR) is 59.9 cm³/mol. The number of phenols is 1. The minimum atomic E-state index is 0.159. The van der Waals surface area contributed by atoms with Crippen LogP contribution in [0.5, 0.6) is 5.75 Å². The molecule has 0 unspecified atom stereocenters. The summed E-state index contributed by atoms with van der Waals surface area (Å²) in [6.07, 6.45) is 0.199. The van der Waals surface area contributed by atoms with Crippen LogP contribution < -0.4 is 0 Å². The van der Waals surface area contributed by atoms with Crippen LogP contribution in [0.1, 0.15) is 5.56 Å². The Morgan fingerprint density at radius 3 is 2.80 bits per heavy atom. The van der Waals surface area contributed by atoms with E-state index in [1.54, 1.807) is 18.2 Å². The van der Waals surface area contributed by atoms with Gasteiger partial charge in [0, 0.05) is 10.6 Å². The number of halogens is 1. The van der Waals surface area contributed by atoms with Crippen LogP contribution in [0.3, 0.4) is 0 Å². The average Bonchev–Trinajstić information content (AvgIpc) is 2.22. The number of nitrogens with zero attached hydrogens (tertiary/aromatic N) is 1. The van der Waals surface area contributed by atoms with Crippen LogP contribution in [0.2, 0.25) is 5.02 Å². The third-order valence-electron chi connectivity index (χ3n) is 2.32. The molecule has 0 amide bonds. The molecule has 0 bridgehead atoms. The second-order valence-corrected chi connectivity index (χ2v) is 3.70. The molecule has 2 aromatic carbocycles. The highest BCUT2D eigenvalue weighted by Crippen LogP contribution is 2.29. The lowest BCUT2D eigenvalue weighted by atomic mass is 10.0. The minimum Gasteiger partial charge on any atom is -0.508 e. The molecule has 2 aromatic rings. The zero-order valence-electron chi connectivity index (χ0n) is 7.87. The normalized spacial score (nSPS) is 10.1. The van der Waals surface area contributed by atoms with E-state index in [4.69, 9.17) is 16.9 Å². The highest BCUT2D eigenvalue weighted by Gasteiger charge is 2.06. The number of nitriles is 1. The first kappa shape index (κ1) is 9.82. The fourth-order valence-corrected chi connectivity index (χ4v) is 1.80. The van der Waals surface area contributed by atoms with Crippen LogP contribution in [-0.2, 0) is 6.42 Å². The van der Waals surface area contributed by atoms with Gasteiger partial charge in [0.15, 0.2) is 0 Å². The number of fused-ring (bicyclic) bond motifs is 1. The van der Waals surface area contributed by atoms with E-state index in [9.17, 15) is 5.11 Å². The largest absolute Gasteiger partial charge is 0.508 e. The molecule has 0 aliphatic rings. The van der Waals surface area contributed by atoms with Gasteiger partial charge in [0.2, 0.25) is 0 Å². The fraction of sp³-hybridized carbons (Fsp3) is 0.0833. The molecule has 0 radical (unpaired) electrons. The van der Waals surface area contributed by atoms with Crippen LogP contribution >= 0.6 is 11.6 Å². The van der Waals surface area contributed by atoms with Crippen LogP contribution in [0, 0.1) is 11.3 Å². The average molecular weight is 218 g/mol. The third kappa shape index (κ3) is 1.74. The van der Waals surface area contributed by atoms with Crippen molar-refractivity contribution in [1.82, 2.24) is 0 Å². The smallest absolute Gasteiger partial charge is 0.120 e. The summed E-state index contributed by atoms with van der Waals surface area (Å²) in [7, 11) is 0. The van der Waals surface area contributed by atoms with E-state index < -0.39 is 0 Å². The maximum Gasteiger partial charge on any atom is 0.120 e. The van der Waals surface area contributed by atoms with Gasteiger partial charge in [-0.15, -0.1) is 0 Å². The Balaban J connectivity index is 2.77. The van der Waals surface area contributed by atoms with Crippen LogP contribution in [0.4, 0.5) is 0 Å². The van der Waals surface area contributed by atoms with Gasteiger partial charge in [-0.2, -0.15) is 5.26 Å². The van der Waals surface area contributed by atoms with Crippen molar-refractivity contribution in [1.29, 1.82) is 5.26 Å². The standard InChI is InChI=1S/C12H8ClNO/c13-9-2-3-10-8(7-9)1-4-12(15)11(10)5-6-14/h1-4,7,15H,5H2. The molecule has 0 fully saturated rings. The Morgan fingerprint density at radius 2 is 2.07 bits per heavy atom. The van der Waals surface area contributed by atoms with E-state index in [1.807, 2.05) is 18.2 Å². The SMILES string of the molecule is N#CCc1c(O)ccc2cc(Cl)ccc12. The van der Waals surface area contributed by atoms with Crippen LogP contribution in [-0.4, -0.2) is 5.11 Å². The molecule has 74 valence electrons. The van der Waals surface area contributed by atoms with Gasteiger partial charge in [-0.05, 0) is 29.0 Å². The van der Waals surface area contributed by atoms with Crippen molar-refractivity contribution in [3.8, 4) is 11.8 Å². The molecule has 0 saturated heterocycles. The van der Waals surface area contributed by atoms with E-state index in [-0.39, 0.29) is 12.2 Å². The number of rotatable bonds is 1. The first-order valence-electron chi connectivity index (χ1n) is 4.49. The molecule has 0 aliphatic heterocycles. The number of aromatic hydroxyl groups is 1. The summed E-state index contributed by atoms with van der Waals surface area (Å²) < 4.78 is 0. The Kier molecular flexibility index (Phi) is 2.49. The number of hydrogen-bond acceptors (Lipinski definition) is 2. The zero-order valence-corrected chi connectivity index (χ0v) is 8.62. The van der Waals surface area contributed by atoms with Gasteiger partial charge in [0.1, 0.15) is 5.75 Å². The van der Waals surface area contributed by atoms with Gasteiger partial charge in [0.25, 0.3) is 0 Å². The van der Waals surface area contributed by atoms with Crippen LogP contribution in [0.25, 0.3) is 10.8 Å². The summed E-state index contributed by atoms with van der Waals surface area (Å²) >= 11 is 5.86. The topological polar surface area (TPSA) is 44.0 Å². The summed E-state index contributed by atoms with van der Waals surface area (Å²) in [6, 6.07) is 10.8. The summed E-state index contributed by atoms with van der Waals surface area (Å²) in [4.78, 5) is 0. The highest BCUT2D eigenvalue weighted by molar-refractivity contribution is 6.31. The number of phenolic OH excluding ortho intramolecular Hbond substituents is 1. The monoisotopic (exact) mass is 217 g/mol. The molecule has 2 nitrogen and oxygen atoms in total. The van der Waals surface area contributed by atoms with E-state index in [0.717, 1.165) is 10.8 Å². The van der Waals surface area contributed by atoms with Crippen molar-refractivity contribution in [3.63, 3.8) is 0 Å². The molecule has 0 saturated carbocycles. The van der Waals surface area contributed by atoms with Crippen molar-refractivity contribution in [2.75, 3.05) is 0 Å². The molecule has 2 rings (SSSR count). The van der Waals surface area contributed by atoms with Gasteiger partial charge >= 0.3 is 0 Å². The van der Waals surface area contributed by atoms with Gasteiger partial charge in [-0.25, -0.2) is 0 Å². The maximum atomic E-state index is 9.62. The summed E-state index contributed by atoms with van der Waals surface area (Å²) in [5.41, 5.74) is 0.659. The molecular formula is C12H8ClNO. The Hall–Kier alpha value is -1.72. The Labute approximate surface area is 92.3 Å². The third-order valence-corrected chi connectivity index (χ3v) is 2.56. The summed E-state index contributed by atoms with van der Waals surface area (Å²) in [6.45, 7) is 0. The molecule has 0 spiro atoms. The maximum absolute atomic E-state index is 9.62. The lowest BCUT2D eigenvalue weighted by molar-refractivity contribution is 0.471. The zero-order chi connectivity index (χ0) is 10.8. The van der Waals surface area contributed by atoms with Crippen molar-refractivity contribution >= 4 is 22.4 Å². The minimum absolute atomic E-state index is 0.159. The molecule has 0 aliphatic carbocycles. The van der Waals surface area contributed by atoms with Crippen LogP contribution in [0.15, 0.2) is 30.3 Å². The second-order valence-electron chi connectivity index (χ2n) is 3.26. The highest BCUT2D eigenvalue weighted by atomic mass is 35.5. The lowest BCUT2D eigenvalue weighted by Crippen LogP contribution is -1.86.